The molecular formula is C14H19NO2. The van der Waals surface area contributed by atoms with Crippen LogP contribution < -0.4 is 0 Å². The monoisotopic (exact) mass is 233 g/mol. The zero-order valence-corrected chi connectivity index (χ0v) is 10.4. The maximum absolute atomic E-state index is 9.87. The first-order chi connectivity index (χ1) is 8.22. The van der Waals surface area contributed by atoms with Crippen LogP contribution in [0.25, 0.3) is 0 Å². The van der Waals surface area contributed by atoms with Gasteiger partial charge in [-0.2, -0.15) is 0 Å². The second-order valence-corrected chi connectivity index (χ2v) is 4.56. The summed E-state index contributed by atoms with van der Waals surface area (Å²) in [5.74, 6) is 0.322. The van der Waals surface area contributed by atoms with Crippen LogP contribution in [0.1, 0.15) is 30.4 Å². The minimum atomic E-state index is 0.234. The Bertz CT molecular complexity index is 415. The molecule has 3 heteroatoms. The van der Waals surface area contributed by atoms with Gasteiger partial charge in [-0.25, -0.2) is 0 Å². The van der Waals surface area contributed by atoms with Gasteiger partial charge in [-0.3, -0.25) is 4.99 Å². The Morgan fingerprint density at radius 1 is 1.41 bits per heavy atom. The molecule has 2 rings (SSSR count). The van der Waals surface area contributed by atoms with E-state index >= 15 is 0 Å². The first-order valence-corrected chi connectivity index (χ1v) is 6.07. The maximum atomic E-state index is 9.87. The van der Waals surface area contributed by atoms with E-state index in [2.05, 4.69) is 4.99 Å². The van der Waals surface area contributed by atoms with Gasteiger partial charge in [-0.15, -0.1) is 0 Å². The lowest BCUT2D eigenvalue weighted by molar-refractivity contribution is 0.0967. The van der Waals surface area contributed by atoms with E-state index in [1.807, 2.05) is 25.1 Å². The first-order valence-electron chi connectivity index (χ1n) is 6.07. The number of aliphatic imine (C=N–C) groups is 1. The SMILES string of the molecule is COC1CCCC1N=Cc1cccc(C)c1O. The van der Waals surface area contributed by atoms with Crippen LogP contribution in [0.2, 0.25) is 0 Å². The molecule has 0 aliphatic heterocycles. The van der Waals surface area contributed by atoms with Gasteiger partial charge >= 0.3 is 0 Å². The van der Waals surface area contributed by atoms with Crippen LogP contribution in [0.4, 0.5) is 0 Å². The largest absolute Gasteiger partial charge is 0.507 e. The number of methoxy groups -OCH3 is 1. The van der Waals surface area contributed by atoms with Crippen molar-refractivity contribution in [1.82, 2.24) is 0 Å². The number of nitrogens with zero attached hydrogens (tertiary/aromatic N) is 1. The maximum Gasteiger partial charge on any atom is 0.127 e. The highest BCUT2D eigenvalue weighted by Crippen LogP contribution is 2.25. The molecule has 1 aliphatic rings. The van der Waals surface area contributed by atoms with E-state index in [0.29, 0.717) is 5.75 Å². The standard InChI is InChI=1S/C14H19NO2/c1-10-5-3-6-11(14(10)16)9-15-12-7-4-8-13(12)17-2/h3,5-6,9,12-13,16H,4,7-8H2,1-2H3. The number of ether oxygens (including phenoxy) is 1. The van der Waals surface area contributed by atoms with E-state index in [1.54, 1.807) is 13.3 Å². The van der Waals surface area contributed by atoms with Gasteiger partial charge < -0.3 is 9.84 Å². The molecule has 1 fully saturated rings. The number of rotatable bonds is 3. The van der Waals surface area contributed by atoms with Crippen LogP contribution >= 0.6 is 0 Å². The van der Waals surface area contributed by atoms with Crippen molar-refractivity contribution in [3.63, 3.8) is 0 Å². The van der Waals surface area contributed by atoms with E-state index in [-0.39, 0.29) is 12.1 Å². The number of para-hydroxylation sites is 1. The van der Waals surface area contributed by atoms with Crippen LogP contribution in [0, 0.1) is 6.92 Å². The fraction of sp³-hybridized carbons (Fsp3) is 0.500. The minimum absolute atomic E-state index is 0.234. The van der Waals surface area contributed by atoms with Crippen molar-refractivity contribution in [1.29, 1.82) is 0 Å². The number of phenolic OH excluding ortho intramolecular Hbond substituents is 1. The van der Waals surface area contributed by atoms with Gasteiger partial charge in [-0.05, 0) is 37.8 Å². The van der Waals surface area contributed by atoms with Gasteiger partial charge in [-0.1, -0.05) is 12.1 Å². The van der Waals surface area contributed by atoms with E-state index in [9.17, 15) is 5.11 Å². The fourth-order valence-corrected chi connectivity index (χ4v) is 2.31. The highest BCUT2D eigenvalue weighted by Gasteiger charge is 2.25. The Balaban J connectivity index is 2.12. The van der Waals surface area contributed by atoms with E-state index in [1.165, 1.54) is 6.42 Å². The molecular weight excluding hydrogens is 214 g/mol. The molecule has 2 unspecified atom stereocenters. The Kier molecular flexibility index (Phi) is 3.79. The lowest BCUT2D eigenvalue weighted by Gasteiger charge is -2.13. The molecule has 0 saturated heterocycles. The summed E-state index contributed by atoms with van der Waals surface area (Å²) < 4.78 is 5.39. The van der Waals surface area contributed by atoms with Crippen molar-refractivity contribution in [2.75, 3.05) is 7.11 Å². The average molecular weight is 233 g/mol. The molecule has 92 valence electrons. The smallest absolute Gasteiger partial charge is 0.127 e. The number of aryl methyl sites for hydroxylation is 1. The van der Waals surface area contributed by atoms with Gasteiger partial charge in [0.15, 0.2) is 0 Å². The second-order valence-electron chi connectivity index (χ2n) is 4.56. The van der Waals surface area contributed by atoms with Gasteiger partial charge in [0.25, 0.3) is 0 Å². The van der Waals surface area contributed by atoms with Crippen LogP contribution in [0.15, 0.2) is 23.2 Å². The lowest BCUT2D eigenvalue weighted by atomic mass is 10.1. The molecule has 1 aliphatic carbocycles. The molecule has 0 aromatic heterocycles. The molecule has 1 saturated carbocycles. The Labute approximate surface area is 102 Å². The third-order valence-electron chi connectivity index (χ3n) is 3.39. The summed E-state index contributed by atoms with van der Waals surface area (Å²) >= 11 is 0. The zero-order valence-electron chi connectivity index (χ0n) is 10.4. The highest BCUT2D eigenvalue weighted by molar-refractivity contribution is 5.84. The molecule has 0 heterocycles. The van der Waals surface area contributed by atoms with Gasteiger partial charge in [0, 0.05) is 18.9 Å². The molecule has 0 spiro atoms. The summed E-state index contributed by atoms with van der Waals surface area (Å²) in [4.78, 5) is 4.54. The third kappa shape index (κ3) is 2.67. The predicted molar refractivity (Wildman–Crippen MR) is 68.9 cm³/mol. The normalized spacial score (nSPS) is 24.6. The number of aromatic hydroxyl groups is 1. The molecule has 2 atom stereocenters. The summed E-state index contributed by atoms with van der Waals surface area (Å²) in [6, 6.07) is 5.93. The number of hydrogen-bond donors (Lipinski definition) is 1. The predicted octanol–water partition coefficient (Wildman–Crippen LogP) is 2.69. The van der Waals surface area contributed by atoms with Crippen LogP contribution in [0.5, 0.6) is 5.75 Å². The van der Waals surface area contributed by atoms with Crippen molar-refractivity contribution in [3.05, 3.63) is 29.3 Å². The summed E-state index contributed by atoms with van der Waals surface area (Å²) in [5, 5.41) is 9.87. The van der Waals surface area contributed by atoms with Gasteiger partial charge in [0.1, 0.15) is 5.75 Å². The fourth-order valence-electron chi connectivity index (χ4n) is 2.31. The Hall–Kier alpha value is -1.35. The lowest BCUT2D eigenvalue weighted by Crippen LogP contribution is -2.19. The Morgan fingerprint density at radius 2 is 2.24 bits per heavy atom. The minimum Gasteiger partial charge on any atom is -0.507 e. The molecule has 1 N–H and O–H groups in total. The highest BCUT2D eigenvalue weighted by atomic mass is 16.5. The van der Waals surface area contributed by atoms with Crippen LogP contribution in [-0.4, -0.2) is 30.6 Å². The zero-order chi connectivity index (χ0) is 12.3. The van der Waals surface area contributed by atoms with Crippen molar-refractivity contribution < 1.29 is 9.84 Å². The van der Waals surface area contributed by atoms with Gasteiger partial charge in [0.05, 0.1) is 12.1 Å². The van der Waals surface area contributed by atoms with Crippen molar-refractivity contribution in [2.24, 2.45) is 4.99 Å². The van der Waals surface area contributed by atoms with Gasteiger partial charge in [0.2, 0.25) is 0 Å². The second kappa shape index (κ2) is 5.32. The molecule has 17 heavy (non-hydrogen) atoms. The molecule has 1 aromatic rings. The summed E-state index contributed by atoms with van der Waals surface area (Å²) in [7, 11) is 1.74. The average Bonchev–Trinajstić information content (AvgIpc) is 2.78. The first kappa shape index (κ1) is 12.1. The third-order valence-corrected chi connectivity index (χ3v) is 3.39. The molecule has 3 nitrogen and oxygen atoms in total. The molecule has 0 radical (unpaired) electrons. The van der Waals surface area contributed by atoms with Crippen molar-refractivity contribution in [2.45, 2.75) is 38.3 Å². The Morgan fingerprint density at radius 3 is 3.00 bits per heavy atom. The van der Waals surface area contributed by atoms with Crippen LogP contribution in [-0.2, 0) is 4.74 Å². The van der Waals surface area contributed by atoms with E-state index < -0.39 is 0 Å². The van der Waals surface area contributed by atoms with E-state index in [0.717, 1.165) is 24.0 Å². The van der Waals surface area contributed by atoms with Crippen molar-refractivity contribution in [3.8, 4) is 5.75 Å². The topological polar surface area (TPSA) is 41.8 Å². The van der Waals surface area contributed by atoms with Crippen LogP contribution in [0.3, 0.4) is 0 Å². The number of hydrogen-bond acceptors (Lipinski definition) is 3. The summed E-state index contributed by atoms with van der Waals surface area (Å²) in [6.45, 7) is 1.89. The summed E-state index contributed by atoms with van der Waals surface area (Å²) in [5.41, 5.74) is 1.66. The summed E-state index contributed by atoms with van der Waals surface area (Å²) in [6.07, 6.45) is 5.32. The van der Waals surface area contributed by atoms with E-state index in [4.69, 9.17) is 4.74 Å². The molecule has 0 amide bonds. The molecule has 1 aromatic carbocycles. The number of phenols is 1. The number of benzene rings is 1. The molecule has 0 bridgehead atoms. The quantitative estimate of drug-likeness (QED) is 0.815. The van der Waals surface area contributed by atoms with Crippen molar-refractivity contribution >= 4 is 6.21 Å².